The molecule has 2 aliphatic rings. The van der Waals surface area contributed by atoms with Crippen LogP contribution in [-0.4, -0.2) is 18.5 Å². The summed E-state index contributed by atoms with van der Waals surface area (Å²) in [6.07, 6.45) is 24.3. The van der Waals surface area contributed by atoms with Crippen molar-refractivity contribution in [2.45, 2.75) is 20.8 Å². The zero-order valence-corrected chi connectivity index (χ0v) is 15.2. The number of rotatable bonds is 3. The molecule has 0 saturated heterocycles. The standard InChI is InChI=1S/C6H15P.2C5H5.CO.Ti/c1-4-7(5-2)6-3;2*1-2-4-5-3-1;1-2;/h4-6H2,1-3H3;2*1-5H;;. The van der Waals surface area contributed by atoms with E-state index in [0.29, 0.717) is 7.92 Å². The third kappa shape index (κ3) is 21.2. The molecule has 2 fully saturated rings. The summed E-state index contributed by atoms with van der Waals surface area (Å²) >= 11 is 0. The first kappa shape index (κ1) is 25.8. The smallest absolute Gasteiger partial charge is 0 e. The van der Waals surface area contributed by atoms with Crippen LogP contribution in [0.5, 0.6) is 0 Å². The van der Waals surface area contributed by atoms with E-state index in [1.165, 1.54) is 18.5 Å². The SMILES string of the molecule is CCP(CC)CC.[C-]#[O+].[CH]1[CH][CH][CH][CH]1.[CH]1[CH][CH][CH][CH]1.[Ti]. The van der Waals surface area contributed by atoms with Crippen molar-refractivity contribution >= 4 is 7.92 Å². The molecule has 2 aliphatic carbocycles. The van der Waals surface area contributed by atoms with Gasteiger partial charge in [0.1, 0.15) is 0 Å². The van der Waals surface area contributed by atoms with Crippen LogP contribution in [0.1, 0.15) is 20.8 Å². The first-order valence-corrected chi connectivity index (χ1v) is 8.50. The van der Waals surface area contributed by atoms with Crippen LogP contribution < -0.4 is 0 Å². The Balaban J connectivity index is -0.000000201. The monoisotopic (exact) mass is 324 g/mol. The van der Waals surface area contributed by atoms with Crippen LogP contribution in [0.2, 0.25) is 0 Å². The molecule has 0 heterocycles. The molecule has 0 amide bonds. The van der Waals surface area contributed by atoms with Crippen LogP contribution in [0.3, 0.4) is 0 Å². The Hall–Kier alpha value is 0.884. The van der Waals surface area contributed by atoms with Crippen molar-refractivity contribution in [3.63, 3.8) is 0 Å². The zero-order chi connectivity index (χ0) is 14.8. The average Bonchev–Trinajstić information content (AvgIpc) is 3.21. The summed E-state index contributed by atoms with van der Waals surface area (Å²) in [5, 5.41) is 0. The summed E-state index contributed by atoms with van der Waals surface area (Å²) in [7, 11) is 0.446. The van der Waals surface area contributed by atoms with E-state index >= 15 is 0 Å². The molecule has 0 N–H and O–H groups in total. The van der Waals surface area contributed by atoms with Gasteiger partial charge in [-0.3, -0.25) is 0 Å². The fraction of sp³-hybridized carbons (Fsp3) is 0.353. The second-order valence-electron chi connectivity index (χ2n) is 3.54. The van der Waals surface area contributed by atoms with E-state index < -0.39 is 0 Å². The van der Waals surface area contributed by atoms with Gasteiger partial charge < -0.3 is 0 Å². The van der Waals surface area contributed by atoms with Crippen molar-refractivity contribution in [1.82, 2.24) is 0 Å². The third-order valence-electron chi connectivity index (χ3n) is 2.45. The van der Waals surface area contributed by atoms with Gasteiger partial charge in [0.15, 0.2) is 0 Å². The third-order valence-corrected chi connectivity index (χ3v) is 5.14. The molecule has 0 spiro atoms. The van der Waals surface area contributed by atoms with Crippen molar-refractivity contribution in [3.8, 4) is 0 Å². The molecule has 0 unspecified atom stereocenters. The van der Waals surface area contributed by atoms with Crippen molar-refractivity contribution in [1.29, 1.82) is 0 Å². The molecule has 108 valence electrons. The summed E-state index contributed by atoms with van der Waals surface area (Å²) in [6, 6.07) is 0. The Morgan fingerprint density at radius 1 is 0.600 bits per heavy atom. The van der Waals surface area contributed by atoms with Crippen LogP contribution in [0, 0.1) is 70.9 Å². The van der Waals surface area contributed by atoms with Gasteiger partial charge in [-0.15, -0.1) is 7.92 Å². The predicted molar refractivity (Wildman–Crippen MR) is 85.5 cm³/mol. The molecule has 1 nitrogen and oxygen atoms in total. The van der Waals surface area contributed by atoms with E-state index in [1.54, 1.807) is 0 Å². The van der Waals surface area contributed by atoms with Crippen molar-refractivity contribution in [2.24, 2.45) is 0 Å². The van der Waals surface area contributed by atoms with Gasteiger partial charge in [0.2, 0.25) is 0 Å². The average molecular weight is 324 g/mol. The summed E-state index contributed by atoms with van der Waals surface area (Å²) in [6.45, 7) is 11.4. The molecular formula is C17H25OPTi. The Labute approximate surface area is 144 Å². The minimum atomic E-state index is 0. The van der Waals surface area contributed by atoms with Gasteiger partial charge in [-0.2, -0.15) is 0 Å². The van der Waals surface area contributed by atoms with E-state index in [1.807, 2.05) is 64.2 Å². The van der Waals surface area contributed by atoms with Crippen LogP contribution >= 0.6 is 7.92 Å². The van der Waals surface area contributed by atoms with Crippen LogP contribution in [0.4, 0.5) is 0 Å². The molecular weight excluding hydrogens is 299 g/mol. The minimum Gasteiger partial charge on any atom is -0.0312 e. The Kier molecular flexibility index (Phi) is 32.1. The summed E-state index contributed by atoms with van der Waals surface area (Å²) in [5.74, 6) is 0. The summed E-state index contributed by atoms with van der Waals surface area (Å²) in [5.41, 5.74) is 0. The second kappa shape index (κ2) is 24.9. The van der Waals surface area contributed by atoms with Gasteiger partial charge in [-0.25, -0.2) is 0 Å². The molecule has 0 bridgehead atoms. The Morgan fingerprint density at radius 3 is 0.800 bits per heavy atom. The van der Waals surface area contributed by atoms with Crippen molar-refractivity contribution in [3.05, 3.63) is 70.9 Å². The van der Waals surface area contributed by atoms with Crippen LogP contribution in [0.25, 0.3) is 0 Å². The maximum absolute atomic E-state index is 7.50. The second-order valence-corrected chi connectivity index (χ2v) is 6.78. The van der Waals surface area contributed by atoms with E-state index in [4.69, 9.17) is 4.65 Å². The first-order chi connectivity index (χ1) is 9.35. The number of hydrogen-bond acceptors (Lipinski definition) is 0. The molecule has 0 aliphatic heterocycles. The minimum absolute atomic E-state index is 0. The summed E-state index contributed by atoms with van der Waals surface area (Å²) < 4.78 is 7.50. The van der Waals surface area contributed by atoms with Gasteiger partial charge in [-0.05, 0) is 82.7 Å². The molecule has 10 radical (unpaired) electrons. The quantitative estimate of drug-likeness (QED) is 0.315. The first-order valence-electron chi connectivity index (χ1n) is 6.61. The van der Waals surface area contributed by atoms with Gasteiger partial charge in [0.25, 0.3) is 0 Å². The Bertz CT molecular complexity index is 131. The van der Waals surface area contributed by atoms with E-state index in [9.17, 15) is 0 Å². The van der Waals surface area contributed by atoms with E-state index in [2.05, 4.69) is 27.4 Å². The fourth-order valence-electron chi connectivity index (χ4n) is 1.31. The molecule has 2 saturated carbocycles. The van der Waals surface area contributed by atoms with Gasteiger partial charge >= 0.3 is 11.3 Å². The van der Waals surface area contributed by atoms with Gasteiger partial charge in [0.05, 0.1) is 0 Å². The molecule has 0 aromatic rings. The molecule has 3 heteroatoms. The fourth-order valence-corrected chi connectivity index (χ4v) is 2.65. The largest absolute Gasteiger partial charge is 0.0312 e. The number of hydrogen-bond donors (Lipinski definition) is 0. The van der Waals surface area contributed by atoms with Gasteiger partial charge in [0, 0.05) is 21.7 Å². The van der Waals surface area contributed by atoms with Gasteiger partial charge in [-0.1, -0.05) is 20.8 Å². The normalized spacial score (nSPS) is 15.7. The van der Waals surface area contributed by atoms with Crippen LogP contribution in [0.15, 0.2) is 0 Å². The van der Waals surface area contributed by atoms with E-state index in [0.717, 1.165) is 0 Å². The maximum Gasteiger partial charge on any atom is 0 e. The summed E-state index contributed by atoms with van der Waals surface area (Å²) in [4.78, 5) is 0. The molecule has 0 aromatic heterocycles. The zero-order valence-electron chi connectivity index (χ0n) is 12.8. The molecule has 0 aromatic carbocycles. The topological polar surface area (TPSA) is 19.9 Å². The van der Waals surface area contributed by atoms with E-state index in [-0.39, 0.29) is 21.7 Å². The van der Waals surface area contributed by atoms with Crippen molar-refractivity contribution < 1.29 is 26.4 Å². The molecule has 0 atom stereocenters. The molecule has 20 heavy (non-hydrogen) atoms. The maximum atomic E-state index is 7.50. The molecule has 2 rings (SSSR count). The van der Waals surface area contributed by atoms with Crippen molar-refractivity contribution in [2.75, 3.05) is 18.5 Å². The predicted octanol–water partition coefficient (Wildman–Crippen LogP) is 4.53. The van der Waals surface area contributed by atoms with Crippen LogP contribution in [-0.2, 0) is 26.4 Å². The Morgan fingerprint density at radius 2 is 0.750 bits per heavy atom.